The monoisotopic (exact) mass is 299 g/mol. The molecule has 106 valence electrons. The van der Waals surface area contributed by atoms with Gasteiger partial charge in [-0.2, -0.15) is 13.2 Å². The summed E-state index contributed by atoms with van der Waals surface area (Å²) < 4.78 is 38.5. The Balaban J connectivity index is 1.95. The summed E-state index contributed by atoms with van der Waals surface area (Å²) in [6, 6.07) is 9.66. The molecule has 0 aliphatic carbocycles. The molecule has 0 fully saturated rings. The second kappa shape index (κ2) is 6.13. The highest BCUT2D eigenvalue weighted by molar-refractivity contribution is 7.99. The van der Waals surface area contributed by atoms with Gasteiger partial charge in [-0.05, 0) is 5.56 Å². The number of aromatic nitrogens is 3. The number of hydrogen-bond donors (Lipinski definition) is 0. The van der Waals surface area contributed by atoms with Gasteiger partial charge < -0.3 is 4.57 Å². The van der Waals surface area contributed by atoms with E-state index < -0.39 is 12.0 Å². The third-order valence-electron chi connectivity index (χ3n) is 2.51. The van der Waals surface area contributed by atoms with Gasteiger partial charge in [0.15, 0.2) is 5.16 Å². The molecule has 1 aromatic carbocycles. The zero-order valence-electron chi connectivity index (χ0n) is 10.6. The number of nitrogens with zero attached hydrogens (tertiary/aromatic N) is 3. The van der Waals surface area contributed by atoms with Gasteiger partial charge in [-0.15, -0.1) is 10.2 Å². The Bertz CT molecular complexity index is 591. The van der Waals surface area contributed by atoms with Gasteiger partial charge in [-0.3, -0.25) is 0 Å². The summed E-state index contributed by atoms with van der Waals surface area (Å²) in [5.74, 6) is -0.453. The van der Waals surface area contributed by atoms with Crippen molar-refractivity contribution >= 4 is 17.8 Å². The van der Waals surface area contributed by atoms with E-state index in [-0.39, 0.29) is 5.16 Å². The molecule has 2 aromatic rings. The Kier molecular flexibility index (Phi) is 4.49. The highest BCUT2D eigenvalue weighted by Gasteiger charge is 2.37. The van der Waals surface area contributed by atoms with Crippen molar-refractivity contribution in [3.63, 3.8) is 0 Å². The van der Waals surface area contributed by atoms with Crippen LogP contribution in [-0.2, 0) is 13.2 Å². The summed E-state index contributed by atoms with van der Waals surface area (Å²) >= 11 is 1.21. The molecule has 0 saturated heterocycles. The van der Waals surface area contributed by atoms with Gasteiger partial charge >= 0.3 is 6.18 Å². The second-order valence-electron chi connectivity index (χ2n) is 3.99. The van der Waals surface area contributed by atoms with E-state index in [9.17, 15) is 13.2 Å². The van der Waals surface area contributed by atoms with Gasteiger partial charge in [-0.25, -0.2) is 0 Å². The molecule has 0 atom stereocenters. The molecular formula is C13H12F3N3S. The van der Waals surface area contributed by atoms with E-state index in [1.807, 2.05) is 42.5 Å². The summed E-state index contributed by atoms with van der Waals surface area (Å²) in [7, 11) is 1.31. The van der Waals surface area contributed by atoms with E-state index in [2.05, 4.69) is 10.2 Å². The molecule has 0 aliphatic rings. The largest absolute Gasteiger partial charge is 0.451 e. The molecular weight excluding hydrogens is 287 g/mol. The summed E-state index contributed by atoms with van der Waals surface area (Å²) in [5.41, 5.74) is 1.04. The van der Waals surface area contributed by atoms with Gasteiger partial charge in [0.05, 0.1) is 0 Å². The third kappa shape index (κ3) is 3.63. The van der Waals surface area contributed by atoms with E-state index in [1.165, 1.54) is 18.8 Å². The molecule has 1 aromatic heterocycles. The van der Waals surface area contributed by atoms with Gasteiger partial charge in [0.25, 0.3) is 0 Å². The average molecular weight is 299 g/mol. The minimum absolute atomic E-state index is 0.245. The summed E-state index contributed by atoms with van der Waals surface area (Å²) in [4.78, 5) is 0. The lowest BCUT2D eigenvalue weighted by atomic mass is 10.2. The van der Waals surface area contributed by atoms with Crippen molar-refractivity contribution in [2.45, 2.75) is 11.3 Å². The van der Waals surface area contributed by atoms with E-state index in [4.69, 9.17) is 0 Å². The standard InChI is InChI=1S/C13H12F3N3S/c1-19-11(13(14,15)16)17-18-12(19)20-9-5-8-10-6-3-2-4-7-10/h2-8H,9H2,1H3. The topological polar surface area (TPSA) is 30.7 Å². The molecule has 7 heteroatoms. The van der Waals surface area contributed by atoms with Gasteiger partial charge in [-0.1, -0.05) is 54.2 Å². The Morgan fingerprint density at radius 3 is 2.50 bits per heavy atom. The summed E-state index contributed by atoms with van der Waals surface area (Å²) in [6.45, 7) is 0. The van der Waals surface area contributed by atoms with E-state index in [0.29, 0.717) is 5.75 Å². The van der Waals surface area contributed by atoms with Gasteiger partial charge in [0.2, 0.25) is 5.82 Å². The van der Waals surface area contributed by atoms with Crippen LogP contribution in [0.4, 0.5) is 13.2 Å². The Morgan fingerprint density at radius 2 is 1.90 bits per heavy atom. The number of halogens is 3. The highest BCUT2D eigenvalue weighted by atomic mass is 32.2. The van der Waals surface area contributed by atoms with Crippen LogP contribution < -0.4 is 0 Å². The van der Waals surface area contributed by atoms with Gasteiger partial charge in [0, 0.05) is 12.8 Å². The fourth-order valence-electron chi connectivity index (χ4n) is 1.56. The zero-order valence-corrected chi connectivity index (χ0v) is 11.4. The van der Waals surface area contributed by atoms with Crippen LogP contribution in [0.25, 0.3) is 6.08 Å². The van der Waals surface area contributed by atoms with E-state index >= 15 is 0 Å². The minimum Gasteiger partial charge on any atom is -0.302 e. The van der Waals surface area contributed by atoms with Crippen LogP contribution in [-0.4, -0.2) is 20.5 Å². The predicted octanol–water partition coefficient (Wildman–Crippen LogP) is 3.64. The molecule has 0 aliphatic heterocycles. The predicted molar refractivity (Wildman–Crippen MR) is 72.2 cm³/mol. The highest BCUT2D eigenvalue weighted by Crippen LogP contribution is 2.29. The van der Waals surface area contributed by atoms with Crippen LogP contribution >= 0.6 is 11.8 Å². The second-order valence-corrected chi connectivity index (χ2v) is 4.97. The van der Waals surface area contributed by atoms with Crippen molar-refractivity contribution < 1.29 is 13.2 Å². The van der Waals surface area contributed by atoms with Crippen molar-refractivity contribution in [2.75, 3.05) is 5.75 Å². The Hall–Kier alpha value is -1.76. The molecule has 1 heterocycles. The minimum atomic E-state index is -4.47. The number of alkyl halides is 3. The van der Waals surface area contributed by atoms with Crippen molar-refractivity contribution in [1.82, 2.24) is 14.8 Å². The molecule has 0 spiro atoms. The first-order chi connectivity index (χ1) is 9.48. The van der Waals surface area contributed by atoms with Crippen molar-refractivity contribution in [2.24, 2.45) is 7.05 Å². The van der Waals surface area contributed by atoms with Crippen LogP contribution in [0.2, 0.25) is 0 Å². The van der Waals surface area contributed by atoms with Crippen LogP contribution in [0.3, 0.4) is 0 Å². The van der Waals surface area contributed by atoms with Crippen LogP contribution in [0.5, 0.6) is 0 Å². The zero-order chi connectivity index (χ0) is 14.6. The molecule has 0 unspecified atom stereocenters. The lowest BCUT2D eigenvalue weighted by Gasteiger charge is -2.05. The third-order valence-corrected chi connectivity index (χ3v) is 3.48. The number of thioether (sulfide) groups is 1. The Labute approximate surface area is 118 Å². The lowest BCUT2D eigenvalue weighted by Crippen LogP contribution is -2.12. The van der Waals surface area contributed by atoms with Crippen LogP contribution in [0, 0.1) is 0 Å². The first-order valence-electron chi connectivity index (χ1n) is 5.79. The molecule has 3 nitrogen and oxygen atoms in total. The summed E-state index contributed by atoms with van der Waals surface area (Å²) in [6.07, 6.45) is -0.684. The van der Waals surface area contributed by atoms with E-state index in [1.54, 1.807) is 0 Å². The average Bonchev–Trinajstić information content (AvgIpc) is 2.77. The smallest absolute Gasteiger partial charge is 0.302 e. The normalized spacial score (nSPS) is 12.2. The Morgan fingerprint density at radius 1 is 1.20 bits per heavy atom. The fourth-order valence-corrected chi connectivity index (χ4v) is 2.28. The first kappa shape index (κ1) is 14.6. The SMILES string of the molecule is Cn1c(SCC=Cc2ccccc2)nnc1C(F)(F)F. The van der Waals surface area contributed by atoms with Crippen LogP contribution in [0.1, 0.15) is 11.4 Å². The molecule has 0 saturated carbocycles. The molecule has 0 amide bonds. The number of benzene rings is 1. The molecule has 0 radical (unpaired) electrons. The maximum atomic E-state index is 12.5. The number of rotatable bonds is 4. The molecule has 0 N–H and O–H groups in total. The van der Waals surface area contributed by atoms with Crippen LogP contribution in [0.15, 0.2) is 41.6 Å². The maximum absolute atomic E-state index is 12.5. The summed E-state index contributed by atoms with van der Waals surface area (Å²) in [5, 5.41) is 6.96. The lowest BCUT2D eigenvalue weighted by molar-refractivity contribution is -0.147. The number of hydrogen-bond acceptors (Lipinski definition) is 3. The van der Waals surface area contributed by atoms with Gasteiger partial charge in [0.1, 0.15) is 0 Å². The van der Waals surface area contributed by atoms with Crippen molar-refractivity contribution in [3.8, 4) is 0 Å². The van der Waals surface area contributed by atoms with Crippen molar-refractivity contribution in [3.05, 3.63) is 47.8 Å². The first-order valence-corrected chi connectivity index (χ1v) is 6.78. The van der Waals surface area contributed by atoms with Crippen molar-refractivity contribution in [1.29, 1.82) is 0 Å². The molecule has 20 heavy (non-hydrogen) atoms. The quantitative estimate of drug-likeness (QED) is 0.808. The molecule has 0 bridgehead atoms. The maximum Gasteiger partial charge on any atom is 0.451 e. The fraction of sp³-hybridized carbons (Fsp3) is 0.231. The van der Waals surface area contributed by atoms with E-state index in [0.717, 1.165) is 10.1 Å². The molecule has 2 rings (SSSR count).